The number of nitro groups is 1. The molecule has 0 bridgehead atoms. The van der Waals surface area contributed by atoms with Crippen LogP contribution in [0.1, 0.15) is 15.9 Å². The summed E-state index contributed by atoms with van der Waals surface area (Å²) in [5, 5.41) is 13.8. The predicted molar refractivity (Wildman–Crippen MR) is 88.2 cm³/mol. The molecule has 0 aliphatic heterocycles. The van der Waals surface area contributed by atoms with Gasteiger partial charge in [-0.1, -0.05) is 17.7 Å². The Morgan fingerprint density at radius 1 is 1.21 bits per heavy atom. The molecule has 0 spiro atoms. The summed E-state index contributed by atoms with van der Waals surface area (Å²) < 4.78 is 4.86. The normalized spacial score (nSPS) is 10.1. The molecule has 124 valence electrons. The SMILES string of the molecule is Cc1ccc(NC(=O)COC(=O)c2ccc(Cl)cc2)c([N+](=O)[O-])c1. The first-order chi connectivity index (χ1) is 11.4. The number of carbonyl (C=O) groups is 2. The highest BCUT2D eigenvalue weighted by molar-refractivity contribution is 6.30. The minimum atomic E-state index is -0.694. The van der Waals surface area contributed by atoms with E-state index in [1.54, 1.807) is 13.0 Å². The van der Waals surface area contributed by atoms with Gasteiger partial charge in [-0.3, -0.25) is 14.9 Å². The molecule has 2 aromatic rings. The summed E-state index contributed by atoms with van der Waals surface area (Å²) in [5.74, 6) is -1.37. The molecule has 8 heteroatoms. The molecule has 0 fully saturated rings. The summed E-state index contributed by atoms with van der Waals surface area (Å²) in [5.41, 5.74) is 0.743. The van der Waals surface area contributed by atoms with Gasteiger partial charge in [-0.05, 0) is 42.8 Å². The maximum atomic E-state index is 11.8. The summed E-state index contributed by atoms with van der Waals surface area (Å²) in [4.78, 5) is 34.0. The fourth-order valence-corrected chi connectivity index (χ4v) is 2.01. The van der Waals surface area contributed by atoms with Crippen LogP contribution < -0.4 is 5.32 Å². The zero-order valence-electron chi connectivity index (χ0n) is 12.6. The molecule has 0 heterocycles. The Balaban J connectivity index is 1.98. The zero-order valence-corrected chi connectivity index (χ0v) is 13.4. The van der Waals surface area contributed by atoms with E-state index in [1.165, 1.54) is 36.4 Å². The van der Waals surface area contributed by atoms with Gasteiger partial charge < -0.3 is 10.1 Å². The Bertz CT molecular complexity index is 790. The van der Waals surface area contributed by atoms with Crippen LogP contribution in [0.4, 0.5) is 11.4 Å². The number of nitro benzene ring substituents is 1. The van der Waals surface area contributed by atoms with Crippen LogP contribution in [0, 0.1) is 17.0 Å². The van der Waals surface area contributed by atoms with Crippen LogP contribution in [0.3, 0.4) is 0 Å². The molecule has 0 saturated heterocycles. The van der Waals surface area contributed by atoms with E-state index in [9.17, 15) is 19.7 Å². The van der Waals surface area contributed by atoms with Crippen LogP contribution in [-0.4, -0.2) is 23.4 Å². The van der Waals surface area contributed by atoms with Gasteiger partial charge in [-0.15, -0.1) is 0 Å². The van der Waals surface area contributed by atoms with Crippen molar-refractivity contribution in [3.8, 4) is 0 Å². The number of benzene rings is 2. The molecule has 1 amide bonds. The van der Waals surface area contributed by atoms with Gasteiger partial charge in [0.2, 0.25) is 0 Å². The highest BCUT2D eigenvalue weighted by Crippen LogP contribution is 2.25. The van der Waals surface area contributed by atoms with E-state index >= 15 is 0 Å². The number of esters is 1. The molecule has 0 aromatic heterocycles. The lowest BCUT2D eigenvalue weighted by atomic mass is 10.2. The van der Waals surface area contributed by atoms with Crippen molar-refractivity contribution in [1.29, 1.82) is 0 Å². The van der Waals surface area contributed by atoms with Crippen molar-refractivity contribution in [2.75, 3.05) is 11.9 Å². The first-order valence-corrected chi connectivity index (χ1v) is 7.22. The molecule has 0 aliphatic carbocycles. The van der Waals surface area contributed by atoms with Crippen molar-refractivity contribution >= 4 is 34.9 Å². The molecule has 0 radical (unpaired) electrons. The largest absolute Gasteiger partial charge is 0.452 e. The summed E-state index contributed by atoms with van der Waals surface area (Å²) in [6, 6.07) is 10.4. The third kappa shape index (κ3) is 4.53. The maximum absolute atomic E-state index is 11.8. The van der Waals surface area contributed by atoms with E-state index in [2.05, 4.69) is 5.32 Å². The first-order valence-electron chi connectivity index (χ1n) is 6.84. The number of nitrogens with zero attached hydrogens (tertiary/aromatic N) is 1. The molecule has 0 saturated carbocycles. The van der Waals surface area contributed by atoms with E-state index in [-0.39, 0.29) is 16.9 Å². The number of hydrogen-bond donors (Lipinski definition) is 1. The summed E-state index contributed by atoms with van der Waals surface area (Å²) in [6.45, 7) is 1.14. The topological polar surface area (TPSA) is 98.5 Å². The van der Waals surface area contributed by atoms with Gasteiger partial charge in [0.05, 0.1) is 10.5 Å². The zero-order chi connectivity index (χ0) is 17.7. The number of halogens is 1. The van der Waals surface area contributed by atoms with Gasteiger partial charge in [0.15, 0.2) is 6.61 Å². The number of rotatable bonds is 5. The van der Waals surface area contributed by atoms with Crippen LogP contribution in [-0.2, 0) is 9.53 Å². The lowest BCUT2D eigenvalue weighted by Gasteiger charge is -2.08. The smallest absolute Gasteiger partial charge is 0.338 e. The van der Waals surface area contributed by atoms with Gasteiger partial charge in [0, 0.05) is 11.1 Å². The Morgan fingerprint density at radius 2 is 1.88 bits per heavy atom. The summed E-state index contributed by atoms with van der Waals surface area (Å²) in [6.07, 6.45) is 0. The third-order valence-corrected chi connectivity index (χ3v) is 3.29. The third-order valence-electron chi connectivity index (χ3n) is 3.04. The Hall–Kier alpha value is -2.93. The van der Waals surface area contributed by atoms with E-state index in [1.807, 2.05) is 0 Å². The first kappa shape index (κ1) is 17.4. The van der Waals surface area contributed by atoms with E-state index in [0.29, 0.717) is 10.6 Å². The summed E-state index contributed by atoms with van der Waals surface area (Å²) >= 11 is 5.71. The molecule has 0 atom stereocenters. The number of carbonyl (C=O) groups excluding carboxylic acids is 2. The lowest BCUT2D eigenvalue weighted by Crippen LogP contribution is -2.21. The molecule has 7 nitrogen and oxygen atoms in total. The Labute approximate surface area is 142 Å². The van der Waals surface area contributed by atoms with Crippen LogP contribution in [0.25, 0.3) is 0 Å². The van der Waals surface area contributed by atoms with E-state index in [4.69, 9.17) is 16.3 Å². The van der Waals surface area contributed by atoms with Crippen LogP contribution in [0.2, 0.25) is 5.02 Å². The average Bonchev–Trinajstić information content (AvgIpc) is 2.54. The number of aryl methyl sites for hydroxylation is 1. The highest BCUT2D eigenvalue weighted by atomic mass is 35.5. The fourth-order valence-electron chi connectivity index (χ4n) is 1.89. The van der Waals surface area contributed by atoms with Crippen molar-refractivity contribution in [1.82, 2.24) is 0 Å². The van der Waals surface area contributed by atoms with Crippen molar-refractivity contribution in [3.63, 3.8) is 0 Å². The quantitative estimate of drug-likeness (QED) is 0.507. The van der Waals surface area contributed by atoms with Crippen LogP contribution in [0.5, 0.6) is 0 Å². The molecule has 0 unspecified atom stereocenters. The van der Waals surface area contributed by atoms with Crippen molar-refractivity contribution in [3.05, 3.63) is 68.7 Å². The predicted octanol–water partition coefficient (Wildman–Crippen LogP) is 3.35. The van der Waals surface area contributed by atoms with Gasteiger partial charge in [-0.25, -0.2) is 4.79 Å². The second-order valence-corrected chi connectivity index (χ2v) is 5.35. The van der Waals surface area contributed by atoms with E-state index < -0.39 is 23.4 Å². The minimum absolute atomic E-state index is 0.0399. The lowest BCUT2D eigenvalue weighted by molar-refractivity contribution is -0.384. The van der Waals surface area contributed by atoms with Crippen molar-refractivity contribution in [2.45, 2.75) is 6.92 Å². The molecule has 2 aromatic carbocycles. The molecular weight excluding hydrogens is 336 g/mol. The molecule has 1 N–H and O–H groups in total. The van der Waals surface area contributed by atoms with Crippen molar-refractivity contribution < 1.29 is 19.2 Å². The van der Waals surface area contributed by atoms with Gasteiger partial charge in [0.25, 0.3) is 11.6 Å². The second kappa shape index (κ2) is 7.56. The van der Waals surface area contributed by atoms with Gasteiger partial charge in [0.1, 0.15) is 5.69 Å². The van der Waals surface area contributed by atoms with Crippen LogP contribution >= 0.6 is 11.6 Å². The number of ether oxygens (including phenoxy) is 1. The number of anilines is 1. The second-order valence-electron chi connectivity index (χ2n) is 4.91. The highest BCUT2D eigenvalue weighted by Gasteiger charge is 2.17. The Kier molecular flexibility index (Phi) is 5.49. The minimum Gasteiger partial charge on any atom is -0.452 e. The fraction of sp³-hybridized carbons (Fsp3) is 0.125. The van der Waals surface area contributed by atoms with Crippen LogP contribution in [0.15, 0.2) is 42.5 Å². The number of nitrogens with one attached hydrogen (secondary N) is 1. The summed E-state index contributed by atoms with van der Waals surface area (Å²) in [7, 11) is 0. The average molecular weight is 349 g/mol. The molecular formula is C16H13ClN2O5. The van der Waals surface area contributed by atoms with E-state index in [0.717, 1.165) is 0 Å². The maximum Gasteiger partial charge on any atom is 0.338 e. The van der Waals surface area contributed by atoms with Gasteiger partial charge in [-0.2, -0.15) is 0 Å². The molecule has 0 aliphatic rings. The monoisotopic (exact) mass is 348 g/mol. The standard InChI is InChI=1S/C16H13ClN2O5/c1-10-2-7-13(14(8-10)19(22)23)18-15(20)9-24-16(21)11-3-5-12(17)6-4-11/h2-8H,9H2,1H3,(H,18,20). The Morgan fingerprint density at radius 3 is 2.50 bits per heavy atom. The number of amides is 1. The van der Waals surface area contributed by atoms with Crippen molar-refractivity contribution in [2.24, 2.45) is 0 Å². The molecule has 2 rings (SSSR count). The van der Waals surface area contributed by atoms with Gasteiger partial charge >= 0.3 is 5.97 Å². The number of hydrogen-bond acceptors (Lipinski definition) is 5. The molecule has 24 heavy (non-hydrogen) atoms.